The van der Waals surface area contributed by atoms with E-state index in [4.69, 9.17) is 0 Å². The highest BCUT2D eigenvalue weighted by atomic mass is 79.9. The Labute approximate surface area is 98.5 Å². The average Bonchev–Trinajstić information content (AvgIpc) is 2.25. The molecule has 0 aliphatic carbocycles. The van der Waals surface area contributed by atoms with Crippen LogP contribution in [-0.2, 0) is 0 Å². The number of phenolic OH excluding ortho intramolecular Hbond substituents is 1. The van der Waals surface area contributed by atoms with Crippen molar-refractivity contribution >= 4 is 15.9 Å². The molecule has 0 unspecified atom stereocenters. The number of benzene rings is 1. The first-order valence-corrected chi connectivity index (χ1v) is 5.15. The summed E-state index contributed by atoms with van der Waals surface area (Å²) in [5, 5.41) is 18.6. The molecule has 0 amide bonds. The Morgan fingerprint density at radius 1 is 1.31 bits per heavy atom. The molecule has 3 N–H and O–H groups in total. The van der Waals surface area contributed by atoms with Gasteiger partial charge in [-0.25, -0.2) is 0 Å². The lowest BCUT2D eigenvalue weighted by molar-refractivity contribution is 0.447. The summed E-state index contributed by atoms with van der Waals surface area (Å²) in [4.78, 5) is 17.6. The second kappa shape index (κ2) is 3.97. The largest absolute Gasteiger partial charge is 0.508 e. The first kappa shape index (κ1) is 10.7. The van der Waals surface area contributed by atoms with Crippen LogP contribution >= 0.6 is 15.9 Å². The molecule has 0 bridgehead atoms. The minimum atomic E-state index is -0.481. The number of H-pyrrole nitrogens is 1. The van der Waals surface area contributed by atoms with Crippen molar-refractivity contribution < 1.29 is 10.2 Å². The van der Waals surface area contributed by atoms with Crippen molar-refractivity contribution in [1.82, 2.24) is 9.97 Å². The molecular formula is C10H7BrN2O3. The Morgan fingerprint density at radius 2 is 2.06 bits per heavy atom. The lowest BCUT2D eigenvalue weighted by Gasteiger charge is -2.02. The summed E-state index contributed by atoms with van der Waals surface area (Å²) >= 11 is 2.89. The maximum Gasteiger partial charge on any atom is 0.269 e. The molecule has 1 heterocycles. The topological polar surface area (TPSA) is 86.2 Å². The highest BCUT2D eigenvalue weighted by Gasteiger charge is 2.09. The summed E-state index contributed by atoms with van der Waals surface area (Å²) in [5.74, 6) is -0.133. The molecule has 82 valence electrons. The highest BCUT2D eigenvalue weighted by molar-refractivity contribution is 9.10. The summed E-state index contributed by atoms with van der Waals surface area (Å²) in [6.45, 7) is 0. The molecule has 0 spiro atoms. The number of phenols is 1. The minimum absolute atomic E-state index is 0.0172. The van der Waals surface area contributed by atoms with E-state index in [1.165, 1.54) is 12.1 Å². The molecule has 0 fully saturated rings. The lowest BCUT2D eigenvalue weighted by Crippen LogP contribution is -2.09. The molecule has 6 heteroatoms. The molecule has 2 aromatic rings. The van der Waals surface area contributed by atoms with E-state index >= 15 is 0 Å². The van der Waals surface area contributed by atoms with E-state index in [1.807, 2.05) is 0 Å². The van der Waals surface area contributed by atoms with Gasteiger partial charge in [-0.1, -0.05) is 12.1 Å². The van der Waals surface area contributed by atoms with Crippen LogP contribution in [-0.4, -0.2) is 20.2 Å². The third kappa shape index (κ3) is 1.92. The monoisotopic (exact) mass is 282 g/mol. The predicted molar refractivity (Wildman–Crippen MR) is 61.3 cm³/mol. The molecule has 0 radical (unpaired) electrons. The van der Waals surface area contributed by atoms with Crippen LogP contribution in [0.15, 0.2) is 33.5 Å². The van der Waals surface area contributed by atoms with Gasteiger partial charge in [0.05, 0.1) is 0 Å². The highest BCUT2D eigenvalue weighted by Crippen LogP contribution is 2.22. The number of aromatic amines is 1. The molecule has 0 aliphatic rings. The van der Waals surface area contributed by atoms with Gasteiger partial charge in [-0.2, -0.15) is 4.98 Å². The molecule has 1 aromatic carbocycles. The van der Waals surface area contributed by atoms with Crippen molar-refractivity contribution in [3.8, 4) is 23.0 Å². The first-order valence-electron chi connectivity index (χ1n) is 4.36. The van der Waals surface area contributed by atoms with Gasteiger partial charge in [0, 0.05) is 5.56 Å². The van der Waals surface area contributed by atoms with E-state index < -0.39 is 5.56 Å². The fraction of sp³-hybridized carbons (Fsp3) is 0. The zero-order chi connectivity index (χ0) is 11.7. The standard InChI is InChI=1S/C10H7BrN2O3/c11-7-9(15)12-8(13-10(7)16)5-2-1-3-6(14)4-5/h1-4,14H,(H2,12,13,15,16). The van der Waals surface area contributed by atoms with Crippen molar-refractivity contribution in [3.63, 3.8) is 0 Å². The number of rotatable bonds is 1. The van der Waals surface area contributed by atoms with Crippen molar-refractivity contribution in [2.45, 2.75) is 0 Å². The number of hydrogen-bond donors (Lipinski definition) is 3. The van der Waals surface area contributed by atoms with Gasteiger partial charge in [0.15, 0.2) is 0 Å². The molecule has 1 aromatic heterocycles. The minimum Gasteiger partial charge on any atom is -0.508 e. The van der Waals surface area contributed by atoms with Gasteiger partial charge in [0.2, 0.25) is 5.88 Å². The van der Waals surface area contributed by atoms with Gasteiger partial charge < -0.3 is 15.2 Å². The van der Waals surface area contributed by atoms with Crippen molar-refractivity contribution in [2.24, 2.45) is 0 Å². The Balaban J connectivity index is 2.61. The Kier molecular flexibility index (Phi) is 2.66. The fourth-order valence-electron chi connectivity index (χ4n) is 1.24. The van der Waals surface area contributed by atoms with E-state index in [0.717, 1.165) is 0 Å². The summed E-state index contributed by atoms with van der Waals surface area (Å²) in [6.07, 6.45) is 0. The molecular weight excluding hydrogens is 276 g/mol. The third-order valence-corrected chi connectivity index (χ3v) is 2.68. The van der Waals surface area contributed by atoms with E-state index in [1.54, 1.807) is 12.1 Å². The smallest absolute Gasteiger partial charge is 0.269 e. The lowest BCUT2D eigenvalue weighted by atomic mass is 10.2. The van der Waals surface area contributed by atoms with Crippen LogP contribution in [0.4, 0.5) is 0 Å². The maximum atomic E-state index is 11.4. The van der Waals surface area contributed by atoms with Crippen molar-refractivity contribution in [2.75, 3.05) is 0 Å². The molecule has 5 nitrogen and oxygen atoms in total. The zero-order valence-electron chi connectivity index (χ0n) is 7.94. The van der Waals surface area contributed by atoms with Gasteiger partial charge in [0.25, 0.3) is 5.56 Å². The summed E-state index contributed by atoms with van der Waals surface area (Å²) < 4.78 is -0.0172. The summed E-state index contributed by atoms with van der Waals surface area (Å²) in [6, 6.07) is 6.21. The number of halogens is 1. The van der Waals surface area contributed by atoms with Gasteiger partial charge in [-0.3, -0.25) is 4.79 Å². The predicted octanol–water partition coefficient (Wildman–Crippen LogP) is 1.61. The molecule has 0 aliphatic heterocycles. The van der Waals surface area contributed by atoms with Gasteiger partial charge in [-0.05, 0) is 28.1 Å². The summed E-state index contributed by atoms with van der Waals surface area (Å²) in [5.41, 5.74) is 0.0331. The second-order valence-corrected chi connectivity index (χ2v) is 3.90. The number of nitrogens with zero attached hydrogens (tertiary/aromatic N) is 1. The van der Waals surface area contributed by atoms with Gasteiger partial charge >= 0.3 is 0 Å². The van der Waals surface area contributed by atoms with Crippen LogP contribution in [0.3, 0.4) is 0 Å². The van der Waals surface area contributed by atoms with E-state index in [9.17, 15) is 15.0 Å². The molecule has 0 saturated carbocycles. The van der Waals surface area contributed by atoms with Crippen LogP contribution in [0.2, 0.25) is 0 Å². The Bertz CT molecular complexity index is 595. The SMILES string of the molecule is O=c1[nH]c(-c2cccc(O)c2)nc(O)c1Br. The Morgan fingerprint density at radius 3 is 2.69 bits per heavy atom. The van der Waals surface area contributed by atoms with Crippen LogP contribution in [0.1, 0.15) is 0 Å². The fourth-order valence-corrected chi connectivity index (χ4v) is 1.42. The van der Waals surface area contributed by atoms with Crippen LogP contribution < -0.4 is 5.56 Å². The Hall–Kier alpha value is -1.82. The number of aromatic nitrogens is 2. The van der Waals surface area contributed by atoms with E-state index in [0.29, 0.717) is 5.56 Å². The molecule has 0 saturated heterocycles. The van der Waals surface area contributed by atoms with Gasteiger partial charge in [-0.15, -0.1) is 0 Å². The molecule has 16 heavy (non-hydrogen) atoms. The number of aromatic hydroxyl groups is 2. The third-order valence-electron chi connectivity index (χ3n) is 1.96. The van der Waals surface area contributed by atoms with Gasteiger partial charge in [0.1, 0.15) is 16.0 Å². The summed E-state index contributed by atoms with van der Waals surface area (Å²) in [7, 11) is 0. The quantitative estimate of drug-likeness (QED) is 0.742. The van der Waals surface area contributed by atoms with Crippen LogP contribution in [0.5, 0.6) is 11.6 Å². The van der Waals surface area contributed by atoms with Crippen LogP contribution in [0.25, 0.3) is 11.4 Å². The number of hydrogen-bond acceptors (Lipinski definition) is 4. The normalized spacial score (nSPS) is 10.3. The van der Waals surface area contributed by atoms with E-state index in [-0.39, 0.29) is 21.9 Å². The molecule has 2 rings (SSSR count). The number of nitrogens with one attached hydrogen (secondary N) is 1. The average molecular weight is 283 g/mol. The molecule has 0 atom stereocenters. The van der Waals surface area contributed by atoms with E-state index in [2.05, 4.69) is 25.9 Å². The van der Waals surface area contributed by atoms with Crippen molar-refractivity contribution in [3.05, 3.63) is 39.1 Å². The van der Waals surface area contributed by atoms with Crippen LogP contribution in [0, 0.1) is 0 Å². The zero-order valence-corrected chi connectivity index (χ0v) is 9.52. The van der Waals surface area contributed by atoms with Crippen molar-refractivity contribution in [1.29, 1.82) is 0 Å². The maximum absolute atomic E-state index is 11.4. The second-order valence-electron chi connectivity index (χ2n) is 3.10. The first-order chi connectivity index (χ1) is 7.58.